The number of ether oxygens (including phenoxy) is 6. The lowest BCUT2D eigenvalue weighted by molar-refractivity contribution is 0.00539. The highest BCUT2D eigenvalue weighted by molar-refractivity contribution is 5.61. The number of rotatable bonds is 11. The molecular weight excluding hydrogens is 526 g/mol. The molecule has 3 aromatic rings. The second-order valence-electron chi connectivity index (χ2n) is 10.4. The molecule has 1 N–H and O–H groups in total. The molecule has 216 valence electrons. The molecule has 3 aliphatic heterocycles. The van der Waals surface area contributed by atoms with Crippen LogP contribution in [0.5, 0.6) is 28.7 Å². The molecule has 0 bridgehead atoms. The van der Waals surface area contributed by atoms with E-state index < -0.39 is 6.04 Å². The van der Waals surface area contributed by atoms with Gasteiger partial charge in [0.25, 0.3) is 0 Å². The Labute approximate surface area is 239 Å². The van der Waals surface area contributed by atoms with Gasteiger partial charge >= 0.3 is 0 Å². The summed E-state index contributed by atoms with van der Waals surface area (Å²) in [5, 5.41) is 6.77. The molecular formula is C31H35N3O7. The topological polar surface area (TPSA) is 100 Å². The van der Waals surface area contributed by atoms with E-state index in [9.17, 15) is 4.91 Å². The van der Waals surface area contributed by atoms with Crippen LogP contribution in [0.4, 0.5) is 5.69 Å². The fourth-order valence-corrected chi connectivity index (χ4v) is 5.66. The normalized spacial score (nSPS) is 21.2. The Hall–Kier alpha value is -3.86. The highest BCUT2D eigenvalue weighted by Crippen LogP contribution is 2.38. The van der Waals surface area contributed by atoms with E-state index in [0.29, 0.717) is 49.3 Å². The van der Waals surface area contributed by atoms with Crippen LogP contribution in [0.15, 0.2) is 65.8 Å². The van der Waals surface area contributed by atoms with Crippen molar-refractivity contribution in [3.05, 3.63) is 76.7 Å². The number of nitroso groups, excluding NO2 is 1. The highest BCUT2D eigenvalue weighted by Gasteiger charge is 2.36. The molecule has 0 spiro atoms. The Morgan fingerprint density at radius 1 is 0.951 bits per heavy atom. The van der Waals surface area contributed by atoms with Gasteiger partial charge < -0.3 is 38.6 Å². The Morgan fingerprint density at radius 3 is 2.63 bits per heavy atom. The van der Waals surface area contributed by atoms with Gasteiger partial charge in [-0.3, -0.25) is 0 Å². The van der Waals surface area contributed by atoms with Crippen LogP contribution in [0.1, 0.15) is 23.5 Å². The van der Waals surface area contributed by atoms with Crippen LogP contribution in [0, 0.1) is 4.91 Å². The van der Waals surface area contributed by atoms with Gasteiger partial charge in [0, 0.05) is 45.3 Å². The number of nitrogens with one attached hydrogen (secondary N) is 1. The van der Waals surface area contributed by atoms with Crippen LogP contribution in [0.2, 0.25) is 0 Å². The Bertz CT molecular complexity index is 1340. The molecule has 0 unspecified atom stereocenters. The minimum Gasteiger partial charge on any atom is -0.490 e. The van der Waals surface area contributed by atoms with Gasteiger partial charge in [-0.1, -0.05) is 23.4 Å². The Balaban J connectivity index is 1.14. The first-order valence-corrected chi connectivity index (χ1v) is 14.0. The fraction of sp³-hybridized carbons (Fsp3) is 0.419. The van der Waals surface area contributed by atoms with E-state index in [4.69, 9.17) is 28.4 Å². The third-order valence-corrected chi connectivity index (χ3v) is 7.72. The standard InChI is InChI=1S/C31H35N3O7/c1-36-13-2-11-34-12-14-37-27-9-3-21(15-26(27)34)19-38-30-18-32-17-25(33-35)31(30)22-4-6-23(7-5-22)41-24-8-10-28-29(16-24)40-20-39-28/h3-10,15-16,25,30-32H,2,11-14,17-20H2,1H3/t25-,30+,31+/m1/s1. The van der Waals surface area contributed by atoms with E-state index in [2.05, 4.69) is 21.5 Å². The van der Waals surface area contributed by atoms with E-state index in [1.807, 2.05) is 54.6 Å². The maximum atomic E-state index is 11.8. The van der Waals surface area contributed by atoms with Crippen molar-refractivity contribution in [2.75, 3.05) is 58.2 Å². The predicted molar refractivity (Wildman–Crippen MR) is 153 cm³/mol. The third-order valence-electron chi connectivity index (χ3n) is 7.72. The number of benzene rings is 3. The van der Waals surface area contributed by atoms with Crippen LogP contribution in [-0.4, -0.2) is 65.4 Å². The Morgan fingerprint density at radius 2 is 1.78 bits per heavy atom. The summed E-state index contributed by atoms with van der Waals surface area (Å²) < 4.78 is 34.4. The number of fused-ring (bicyclic) bond motifs is 2. The zero-order chi connectivity index (χ0) is 28.0. The average molecular weight is 562 g/mol. The fourth-order valence-electron chi connectivity index (χ4n) is 5.66. The van der Waals surface area contributed by atoms with Gasteiger partial charge in [0.1, 0.15) is 29.9 Å². The lowest BCUT2D eigenvalue weighted by Gasteiger charge is -2.36. The highest BCUT2D eigenvalue weighted by atomic mass is 16.7. The first-order chi connectivity index (χ1) is 20.2. The predicted octanol–water partition coefficient (Wildman–Crippen LogP) is 4.85. The third kappa shape index (κ3) is 6.24. The summed E-state index contributed by atoms with van der Waals surface area (Å²) in [6.07, 6.45) is 0.726. The van der Waals surface area contributed by atoms with Gasteiger partial charge in [0.15, 0.2) is 11.5 Å². The van der Waals surface area contributed by atoms with Crippen molar-refractivity contribution in [1.82, 2.24) is 5.32 Å². The van der Waals surface area contributed by atoms with Crippen molar-refractivity contribution in [2.45, 2.75) is 31.1 Å². The van der Waals surface area contributed by atoms with Crippen molar-refractivity contribution in [2.24, 2.45) is 5.18 Å². The summed E-state index contributed by atoms with van der Waals surface area (Å²) in [6.45, 7) is 4.92. The van der Waals surface area contributed by atoms with Gasteiger partial charge in [-0.15, -0.1) is 0 Å². The van der Waals surface area contributed by atoms with Crippen molar-refractivity contribution in [3.8, 4) is 28.7 Å². The molecule has 0 radical (unpaired) electrons. The second-order valence-corrected chi connectivity index (χ2v) is 10.4. The van der Waals surface area contributed by atoms with E-state index in [0.717, 1.165) is 48.7 Å². The van der Waals surface area contributed by atoms with E-state index >= 15 is 0 Å². The molecule has 0 saturated carbocycles. The van der Waals surface area contributed by atoms with Crippen molar-refractivity contribution >= 4 is 5.69 Å². The molecule has 0 aromatic heterocycles. The number of nitrogens with zero attached hydrogens (tertiary/aromatic N) is 2. The summed E-state index contributed by atoms with van der Waals surface area (Å²) in [7, 11) is 1.73. The van der Waals surface area contributed by atoms with Crippen LogP contribution in [0.3, 0.4) is 0 Å². The van der Waals surface area contributed by atoms with E-state index in [1.165, 1.54) is 0 Å². The summed E-state index contributed by atoms with van der Waals surface area (Å²) in [5.41, 5.74) is 3.12. The molecule has 10 heteroatoms. The molecule has 1 saturated heterocycles. The molecule has 0 amide bonds. The van der Waals surface area contributed by atoms with E-state index in [-0.39, 0.29) is 18.8 Å². The number of piperidine rings is 1. The Kier molecular flexibility index (Phi) is 8.50. The molecule has 0 aliphatic carbocycles. The summed E-state index contributed by atoms with van der Waals surface area (Å²) >= 11 is 0. The van der Waals surface area contributed by atoms with Gasteiger partial charge in [0.05, 0.1) is 24.9 Å². The first kappa shape index (κ1) is 27.3. The number of methoxy groups -OCH3 is 1. The average Bonchev–Trinajstić information content (AvgIpc) is 3.48. The SMILES string of the molecule is COCCCN1CCOc2ccc(CO[C@H]3CNC[C@@H](N=O)[C@@H]3c3ccc(Oc4ccc5c(c4)OCO5)cc3)cc21. The zero-order valence-corrected chi connectivity index (χ0v) is 23.1. The molecule has 41 heavy (non-hydrogen) atoms. The maximum absolute atomic E-state index is 11.8. The lowest BCUT2D eigenvalue weighted by Crippen LogP contribution is -2.48. The van der Waals surface area contributed by atoms with E-state index in [1.54, 1.807) is 7.11 Å². The van der Waals surface area contributed by atoms with Crippen LogP contribution >= 0.6 is 0 Å². The number of hydrogen-bond acceptors (Lipinski definition) is 10. The maximum Gasteiger partial charge on any atom is 0.231 e. The minimum atomic E-state index is -0.442. The van der Waals surface area contributed by atoms with Crippen molar-refractivity contribution in [1.29, 1.82) is 0 Å². The largest absolute Gasteiger partial charge is 0.490 e. The zero-order valence-electron chi connectivity index (χ0n) is 23.1. The molecule has 1 fully saturated rings. The van der Waals surface area contributed by atoms with Crippen LogP contribution < -0.4 is 29.2 Å². The molecule has 6 rings (SSSR count). The summed E-state index contributed by atoms with van der Waals surface area (Å²) in [5.74, 6) is 3.42. The van der Waals surface area contributed by atoms with Crippen LogP contribution in [-0.2, 0) is 16.1 Å². The molecule has 3 heterocycles. The van der Waals surface area contributed by atoms with Crippen molar-refractivity contribution < 1.29 is 28.4 Å². The van der Waals surface area contributed by atoms with Gasteiger partial charge in [0.2, 0.25) is 6.79 Å². The summed E-state index contributed by atoms with van der Waals surface area (Å²) in [6, 6.07) is 19.0. The summed E-state index contributed by atoms with van der Waals surface area (Å²) in [4.78, 5) is 14.2. The number of hydrogen-bond donors (Lipinski definition) is 1. The quantitative estimate of drug-likeness (QED) is 0.260. The van der Waals surface area contributed by atoms with Crippen LogP contribution in [0.25, 0.3) is 0 Å². The molecule has 10 nitrogen and oxygen atoms in total. The monoisotopic (exact) mass is 561 g/mol. The second kappa shape index (κ2) is 12.8. The molecule has 3 atom stereocenters. The first-order valence-electron chi connectivity index (χ1n) is 14.0. The van der Waals surface area contributed by atoms with Gasteiger partial charge in [-0.05, 0) is 53.9 Å². The number of anilines is 1. The van der Waals surface area contributed by atoms with Crippen molar-refractivity contribution in [3.63, 3.8) is 0 Å². The van der Waals surface area contributed by atoms with Gasteiger partial charge in [-0.25, -0.2) is 0 Å². The lowest BCUT2D eigenvalue weighted by atomic mass is 9.84. The minimum absolute atomic E-state index is 0.181. The molecule has 3 aliphatic rings. The van der Waals surface area contributed by atoms with Gasteiger partial charge in [-0.2, -0.15) is 4.91 Å². The molecule has 3 aromatic carbocycles. The smallest absolute Gasteiger partial charge is 0.231 e.